The van der Waals surface area contributed by atoms with E-state index >= 15 is 0 Å². The molecule has 0 fully saturated rings. The number of hydrogen-bond donors (Lipinski definition) is 1. The van der Waals surface area contributed by atoms with Gasteiger partial charge in [0.15, 0.2) is 0 Å². The van der Waals surface area contributed by atoms with Crippen molar-refractivity contribution in [1.82, 2.24) is 15.1 Å². The normalized spacial score (nSPS) is 14.9. The molecule has 3 rings (SSSR count). The largest absolute Gasteiger partial charge is 0.354 e. The highest BCUT2D eigenvalue weighted by Gasteiger charge is 2.34. The van der Waals surface area contributed by atoms with Crippen LogP contribution in [0.5, 0.6) is 0 Å². The van der Waals surface area contributed by atoms with Gasteiger partial charge in [-0.05, 0) is 32.3 Å². The zero-order chi connectivity index (χ0) is 18.7. The Kier molecular flexibility index (Phi) is 5.40. The Morgan fingerprint density at radius 2 is 2.00 bits per heavy atom. The fraction of sp³-hybridized carbons (Fsp3) is 0.450. The molecule has 1 aromatic carbocycles. The van der Waals surface area contributed by atoms with Gasteiger partial charge in [-0.2, -0.15) is 5.10 Å². The Balaban J connectivity index is 1.67. The smallest absolute Gasteiger partial charge is 0.243 e. The fourth-order valence-corrected chi connectivity index (χ4v) is 3.36. The molecule has 0 aliphatic carbocycles. The maximum Gasteiger partial charge on any atom is 0.243 e. The first-order valence-corrected chi connectivity index (χ1v) is 9.19. The van der Waals surface area contributed by atoms with Crippen LogP contribution in [0.25, 0.3) is 0 Å². The lowest BCUT2D eigenvalue weighted by Gasteiger charge is -2.33. The summed E-state index contributed by atoms with van der Waals surface area (Å²) in [5, 5.41) is 7.40. The summed E-state index contributed by atoms with van der Waals surface area (Å²) in [6.07, 6.45) is 1.71. The first-order chi connectivity index (χ1) is 12.5. The number of nitrogens with one attached hydrogen (secondary N) is 1. The summed E-state index contributed by atoms with van der Waals surface area (Å²) in [6, 6.07) is 9.67. The molecule has 1 atom stereocenters. The number of carbonyl (C=O) groups excluding carboxylic acids is 2. The predicted octanol–water partition coefficient (Wildman–Crippen LogP) is 2.37. The molecule has 1 aliphatic heterocycles. The predicted molar refractivity (Wildman–Crippen MR) is 101 cm³/mol. The van der Waals surface area contributed by atoms with Crippen LogP contribution in [0.1, 0.15) is 36.6 Å². The quantitative estimate of drug-likeness (QED) is 0.866. The third-order valence-corrected chi connectivity index (χ3v) is 4.77. The molecule has 1 aliphatic rings. The Labute approximate surface area is 154 Å². The fourth-order valence-electron chi connectivity index (χ4n) is 3.36. The van der Waals surface area contributed by atoms with E-state index < -0.39 is 6.04 Å². The lowest BCUT2D eigenvalue weighted by atomic mass is 10.1. The number of carbonyl (C=O) groups is 2. The molecular formula is C20H26N4O2. The van der Waals surface area contributed by atoms with Gasteiger partial charge >= 0.3 is 0 Å². The van der Waals surface area contributed by atoms with Gasteiger partial charge in [-0.15, -0.1) is 0 Å². The van der Waals surface area contributed by atoms with E-state index in [0.29, 0.717) is 25.9 Å². The number of nitrogens with zero attached hydrogens (tertiary/aromatic N) is 3. The van der Waals surface area contributed by atoms with Crippen molar-refractivity contribution in [2.75, 3.05) is 11.4 Å². The summed E-state index contributed by atoms with van der Waals surface area (Å²) < 4.78 is 1.82. The van der Waals surface area contributed by atoms with E-state index in [-0.39, 0.29) is 11.8 Å². The zero-order valence-electron chi connectivity index (χ0n) is 15.7. The third kappa shape index (κ3) is 3.79. The monoisotopic (exact) mass is 354 g/mol. The van der Waals surface area contributed by atoms with Gasteiger partial charge in [-0.1, -0.05) is 36.8 Å². The summed E-state index contributed by atoms with van der Waals surface area (Å²) in [6.45, 7) is 7.01. The van der Waals surface area contributed by atoms with E-state index in [1.807, 2.05) is 24.6 Å². The number of anilines is 1. The molecular weight excluding hydrogens is 328 g/mol. The Hall–Kier alpha value is -2.63. The lowest BCUT2D eigenvalue weighted by Crippen LogP contribution is -2.52. The standard InChI is InChI=1S/C20H26N4O2/c1-4-17(20(26)21-11-9-16-7-5-14(2)6-8-16)24-18-13-15(3)22-23(18)12-10-19(24)25/h5-8,13,17H,4,9-12H2,1-3H3,(H,21,26)/t17-/m1/s1. The van der Waals surface area contributed by atoms with Gasteiger partial charge in [0.05, 0.1) is 12.2 Å². The number of benzene rings is 1. The van der Waals surface area contributed by atoms with Crippen LogP contribution in [0.15, 0.2) is 30.3 Å². The summed E-state index contributed by atoms with van der Waals surface area (Å²) >= 11 is 0. The summed E-state index contributed by atoms with van der Waals surface area (Å²) in [4.78, 5) is 26.9. The van der Waals surface area contributed by atoms with Gasteiger partial charge in [-0.25, -0.2) is 4.68 Å². The van der Waals surface area contributed by atoms with Crippen molar-refractivity contribution in [3.8, 4) is 0 Å². The van der Waals surface area contributed by atoms with Crippen molar-refractivity contribution in [2.24, 2.45) is 0 Å². The number of hydrogen-bond acceptors (Lipinski definition) is 3. The van der Waals surface area contributed by atoms with Crippen molar-refractivity contribution in [1.29, 1.82) is 0 Å². The molecule has 2 heterocycles. The maximum absolute atomic E-state index is 12.7. The minimum atomic E-state index is -0.504. The average molecular weight is 354 g/mol. The van der Waals surface area contributed by atoms with Crippen molar-refractivity contribution >= 4 is 17.6 Å². The molecule has 0 radical (unpaired) electrons. The molecule has 138 valence electrons. The van der Waals surface area contributed by atoms with Crippen LogP contribution in [0.4, 0.5) is 5.82 Å². The minimum absolute atomic E-state index is 0.0158. The van der Waals surface area contributed by atoms with Crippen LogP contribution in [0.3, 0.4) is 0 Å². The van der Waals surface area contributed by atoms with Crippen molar-refractivity contribution in [3.05, 3.63) is 47.2 Å². The van der Waals surface area contributed by atoms with Crippen LogP contribution < -0.4 is 10.2 Å². The van der Waals surface area contributed by atoms with Crippen LogP contribution in [-0.4, -0.2) is 34.2 Å². The average Bonchev–Trinajstić information content (AvgIpc) is 2.99. The second-order valence-electron chi connectivity index (χ2n) is 6.83. The summed E-state index contributed by atoms with van der Waals surface area (Å²) in [7, 11) is 0. The first kappa shape index (κ1) is 18.2. The van der Waals surface area contributed by atoms with Gasteiger partial charge in [0, 0.05) is 19.0 Å². The Morgan fingerprint density at radius 1 is 1.27 bits per heavy atom. The van der Waals surface area contributed by atoms with Crippen molar-refractivity contribution in [2.45, 2.75) is 52.6 Å². The second-order valence-corrected chi connectivity index (χ2v) is 6.83. The second kappa shape index (κ2) is 7.72. The number of aromatic nitrogens is 2. The van der Waals surface area contributed by atoms with Gasteiger partial charge in [0.2, 0.25) is 11.8 Å². The van der Waals surface area contributed by atoms with Crippen LogP contribution in [-0.2, 0) is 22.6 Å². The molecule has 0 bridgehead atoms. The minimum Gasteiger partial charge on any atom is -0.354 e. The highest BCUT2D eigenvalue weighted by atomic mass is 16.2. The van der Waals surface area contributed by atoms with E-state index in [1.54, 1.807) is 4.90 Å². The number of amides is 2. The van der Waals surface area contributed by atoms with Crippen LogP contribution >= 0.6 is 0 Å². The summed E-state index contributed by atoms with van der Waals surface area (Å²) in [5.74, 6) is 0.595. The maximum atomic E-state index is 12.7. The Bertz CT molecular complexity index is 795. The third-order valence-electron chi connectivity index (χ3n) is 4.77. The molecule has 0 unspecified atom stereocenters. The van der Waals surface area contributed by atoms with Crippen LogP contribution in [0, 0.1) is 13.8 Å². The first-order valence-electron chi connectivity index (χ1n) is 9.19. The van der Waals surface area contributed by atoms with Crippen LogP contribution in [0.2, 0.25) is 0 Å². The highest BCUT2D eigenvalue weighted by molar-refractivity contribution is 6.00. The Morgan fingerprint density at radius 3 is 2.69 bits per heavy atom. The molecule has 1 aromatic heterocycles. The number of aryl methyl sites for hydroxylation is 3. The van der Waals surface area contributed by atoms with Gasteiger partial charge < -0.3 is 5.32 Å². The van der Waals surface area contributed by atoms with E-state index in [4.69, 9.17) is 0 Å². The van der Waals surface area contributed by atoms with E-state index in [1.165, 1.54) is 11.1 Å². The molecule has 0 spiro atoms. The highest BCUT2D eigenvalue weighted by Crippen LogP contribution is 2.26. The van der Waals surface area contributed by atoms with Crippen molar-refractivity contribution < 1.29 is 9.59 Å². The molecule has 0 saturated heterocycles. The SMILES string of the molecule is CC[C@H](C(=O)NCCc1ccc(C)cc1)N1C(=O)CCn2nc(C)cc21. The molecule has 26 heavy (non-hydrogen) atoms. The van der Waals surface area contributed by atoms with Gasteiger partial charge in [-0.3, -0.25) is 14.5 Å². The molecule has 6 nitrogen and oxygen atoms in total. The molecule has 0 saturated carbocycles. The van der Waals surface area contributed by atoms with Gasteiger partial charge in [0.1, 0.15) is 11.9 Å². The van der Waals surface area contributed by atoms with E-state index in [0.717, 1.165) is 17.9 Å². The number of fused-ring (bicyclic) bond motifs is 1. The van der Waals surface area contributed by atoms with E-state index in [9.17, 15) is 9.59 Å². The lowest BCUT2D eigenvalue weighted by molar-refractivity contribution is -0.127. The van der Waals surface area contributed by atoms with Crippen molar-refractivity contribution in [3.63, 3.8) is 0 Å². The molecule has 2 aromatic rings. The zero-order valence-corrected chi connectivity index (χ0v) is 15.7. The molecule has 6 heteroatoms. The van der Waals surface area contributed by atoms with Gasteiger partial charge in [0.25, 0.3) is 0 Å². The van der Waals surface area contributed by atoms with E-state index in [2.05, 4.69) is 41.6 Å². The summed E-state index contributed by atoms with van der Waals surface area (Å²) in [5.41, 5.74) is 3.26. The topological polar surface area (TPSA) is 67.2 Å². The molecule has 2 amide bonds. The molecule has 1 N–H and O–H groups in total. The number of rotatable bonds is 6.